The molecule has 0 radical (unpaired) electrons. The van der Waals surface area contributed by atoms with Gasteiger partial charge in [-0.25, -0.2) is 4.98 Å². The Morgan fingerprint density at radius 2 is 2.35 bits per heavy atom. The highest BCUT2D eigenvalue weighted by Gasteiger charge is 2.13. The number of fused-ring (bicyclic) bond motifs is 1. The Kier molecular flexibility index (Phi) is 4.54. The molecule has 20 heavy (non-hydrogen) atoms. The van der Waals surface area contributed by atoms with E-state index in [9.17, 15) is 5.21 Å². The van der Waals surface area contributed by atoms with Crippen molar-refractivity contribution in [3.8, 4) is 0 Å². The van der Waals surface area contributed by atoms with Crippen LogP contribution in [0.25, 0.3) is 11.0 Å². The Bertz CT molecular complexity index is 608. The number of hydrogen-bond acceptors (Lipinski definition) is 5. The first kappa shape index (κ1) is 14.3. The summed E-state index contributed by atoms with van der Waals surface area (Å²) in [7, 11) is 1.66. The molecule has 1 aromatic carbocycles. The van der Waals surface area contributed by atoms with Crippen LogP contribution in [0.2, 0.25) is 0 Å². The van der Waals surface area contributed by atoms with Gasteiger partial charge in [-0.2, -0.15) is 4.73 Å². The highest BCUT2D eigenvalue weighted by molar-refractivity contribution is 6.05. The van der Waals surface area contributed by atoms with Crippen molar-refractivity contribution in [3.05, 3.63) is 29.6 Å². The summed E-state index contributed by atoms with van der Waals surface area (Å²) in [6.07, 6.45) is 0.890. The Hall–Kier alpha value is -2.12. The molecule has 0 spiro atoms. The van der Waals surface area contributed by atoms with Gasteiger partial charge in [0.05, 0.1) is 6.54 Å². The van der Waals surface area contributed by atoms with Gasteiger partial charge in [0.2, 0.25) is 0 Å². The minimum absolute atomic E-state index is 0.0618. The number of para-hydroxylation sites is 1. The molecule has 7 heteroatoms. The molecule has 0 amide bonds. The summed E-state index contributed by atoms with van der Waals surface area (Å²) in [6, 6.07) is 5.19. The van der Waals surface area contributed by atoms with Gasteiger partial charge in [-0.15, -0.1) is 0 Å². The average molecular weight is 277 g/mol. The number of rotatable bonds is 7. The first-order chi connectivity index (χ1) is 9.65. The zero-order chi connectivity index (χ0) is 14.5. The normalized spacial score (nSPS) is 11.1. The van der Waals surface area contributed by atoms with E-state index in [0.29, 0.717) is 35.6 Å². The van der Waals surface area contributed by atoms with Crippen LogP contribution in [0.3, 0.4) is 0 Å². The Morgan fingerprint density at radius 1 is 1.55 bits per heavy atom. The van der Waals surface area contributed by atoms with Gasteiger partial charge < -0.3 is 21.0 Å². The average Bonchev–Trinajstić information content (AvgIpc) is 2.75. The molecule has 0 aliphatic heterocycles. The second-order valence-corrected chi connectivity index (χ2v) is 4.45. The van der Waals surface area contributed by atoms with Crippen LogP contribution in [0.4, 0.5) is 0 Å². The topological polar surface area (TPSA) is 109 Å². The number of benzene rings is 1. The predicted molar refractivity (Wildman–Crippen MR) is 76.1 cm³/mol. The van der Waals surface area contributed by atoms with E-state index >= 15 is 0 Å². The molecule has 7 nitrogen and oxygen atoms in total. The molecule has 0 aliphatic carbocycles. The van der Waals surface area contributed by atoms with Gasteiger partial charge in [-0.05, 0) is 25.1 Å². The molecule has 5 N–H and O–H groups in total. The third kappa shape index (κ3) is 2.89. The first-order valence-corrected chi connectivity index (χ1v) is 6.38. The molecule has 0 saturated carbocycles. The number of nitrogens with one attached hydrogen (secondary N) is 2. The fourth-order valence-electron chi connectivity index (χ4n) is 2.01. The van der Waals surface area contributed by atoms with E-state index < -0.39 is 0 Å². The van der Waals surface area contributed by atoms with Gasteiger partial charge in [0.1, 0.15) is 16.9 Å². The molecule has 1 heterocycles. The Morgan fingerprint density at radius 3 is 3.05 bits per heavy atom. The second kappa shape index (κ2) is 6.36. The smallest absolute Gasteiger partial charge is 0.159 e. The third-order valence-electron chi connectivity index (χ3n) is 3.00. The highest BCUT2D eigenvalue weighted by Crippen LogP contribution is 2.18. The molecule has 0 aliphatic rings. The maximum atomic E-state index is 10.1. The van der Waals surface area contributed by atoms with Crippen molar-refractivity contribution in [2.45, 2.75) is 13.0 Å². The van der Waals surface area contributed by atoms with E-state index in [2.05, 4.69) is 10.3 Å². The largest absolute Gasteiger partial charge is 0.427 e. The molecule has 0 bridgehead atoms. The summed E-state index contributed by atoms with van der Waals surface area (Å²) in [6.45, 7) is 1.90. The number of methoxy groups -OCH3 is 1. The molecule has 2 rings (SSSR count). The fraction of sp³-hybridized carbons (Fsp3) is 0.385. The molecule has 0 saturated heterocycles. The minimum Gasteiger partial charge on any atom is -0.427 e. The van der Waals surface area contributed by atoms with Gasteiger partial charge in [-0.3, -0.25) is 5.41 Å². The molecule has 2 aromatic rings. The number of nitrogen functional groups attached to an aromatic ring is 1. The number of ether oxygens (including phenoxy) is 1. The van der Waals surface area contributed by atoms with Crippen molar-refractivity contribution in [3.63, 3.8) is 0 Å². The van der Waals surface area contributed by atoms with Crippen molar-refractivity contribution in [2.75, 3.05) is 20.3 Å². The Labute approximate surface area is 116 Å². The molecule has 0 fully saturated rings. The monoisotopic (exact) mass is 277 g/mol. The maximum Gasteiger partial charge on any atom is 0.159 e. The molecule has 0 atom stereocenters. The van der Waals surface area contributed by atoms with Crippen molar-refractivity contribution in [1.29, 1.82) is 5.41 Å². The van der Waals surface area contributed by atoms with E-state index in [-0.39, 0.29) is 5.84 Å². The number of aromatic nitrogens is 2. The molecule has 0 unspecified atom stereocenters. The molecular formula is C13H19N5O2. The lowest BCUT2D eigenvalue weighted by atomic mass is 10.2. The number of imidazole rings is 1. The number of nitrogens with zero attached hydrogens (tertiary/aromatic N) is 2. The lowest BCUT2D eigenvalue weighted by molar-refractivity contribution is 0.183. The van der Waals surface area contributed by atoms with Gasteiger partial charge >= 0.3 is 0 Å². The van der Waals surface area contributed by atoms with Crippen LogP contribution in [0.5, 0.6) is 0 Å². The van der Waals surface area contributed by atoms with Crippen LogP contribution in [-0.2, 0) is 11.3 Å². The predicted octanol–water partition coefficient (Wildman–Crippen LogP) is 0.684. The third-order valence-corrected chi connectivity index (χ3v) is 3.00. The second-order valence-electron chi connectivity index (χ2n) is 4.45. The van der Waals surface area contributed by atoms with Gasteiger partial charge in [0.15, 0.2) is 5.82 Å². The summed E-state index contributed by atoms with van der Waals surface area (Å²) in [5.41, 5.74) is 7.13. The summed E-state index contributed by atoms with van der Waals surface area (Å²) >= 11 is 0. The molecule has 1 aromatic heterocycles. The van der Waals surface area contributed by atoms with Crippen molar-refractivity contribution < 1.29 is 9.94 Å². The quantitative estimate of drug-likeness (QED) is 0.257. The lowest BCUT2D eigenvalue weighted by Gasteiger charge is -2.03. The first-order valence-electron chi connectivity index (χ1n) is 6.38. The fourth-order valence-corrected chi connectivity index (χ4v) is 2.01. The van der Waals surface area contributed by atoms with Crippen LogP contribution in [0, 0.1) is 5.41 Å². The number of nitrogens with two attached hydrogens (primary N) is 1. The van der Waals surface area contributed by atoms with E-state index in [1.54, 1.807) is 25.3 Å². The number of amidine groups is 1. The maximum absolute atomic E-state index is 10.1. The number of hydrogen-bond donors (Lipinski definition) is 4. The highest BCUT2D eigenvalue weighted by atomic mass is 16.5. The van der Waals surface area contributed by atoms with Crippen molar-refractivity contribution in [1.82, 2.24) is 15.0 Å². The van der Waals surface area contributed by atoms with E-state index in [1.807, 2.05) is 0 Å². The SMILES string of the molecule is COCCCNCc1nc2c(C(=N)N)cccc2n1O. The van der Waals surface area contributed by atoms with Crippen LogP contribution >= 0.6 is 0 Å². The van der Waals surface area contributed by atoms with Crippen LogP contribution in [0.15, 0.2) is 18.2 Å². The zero-order valence-corrected chi connectivity index (χ0v) is 11.4. The summed E-state index contributed by atoms with van der Waals surface area (Å²) in [5.74, 6) is 0.430. The van der Waals surface area contributed by atoms with Crippen LogP contribution in [0.1, 0.15) is 17.8 Å². The van der Waals surface area contributed by atoms with Gasteiger partial charge in [0.25, 0.3) is 0 Å². The van der Waals surface area contributed by atoms with Gasteiger partial charge in [-0.1, -0.05) is 6.07 Å². The Balaban J connectivity index is 2.16. The summed E-state index contributed by atoms with van der Waals surface area (Å²) < 4.78 is 5.99. The van der Waals surface area contributed by atoms with E-state index in [4.69, 9.17) is 15.9 Å². The summed E-state index contributed by atoms with van der Waals surface area (Å²) in [4.78, 5) is 4.35. The zero-order valence-electron chi connectivity index (χ0n) is 11.4. The lowest BCUT2D eigenvalue weighted by Crippen LogP contribution is -2.18. The van der Waals surface area contributed by atoms with Crippen LogP contribution < -0.4 is 11.1 Å². The molecular weight excluding hydrogens is 258 g/mol. The van der Waals surface area contributed by atoms with Crippen molar-refractivity contribution >= 4 is 16.9 Å². The van der Waals surface area contributed by atoms with Crippen molar-refractivity contribution in [2.24, 2.45) is 5.73 Å². The van der Waals surface area contributed by atoms with E-state index in [1.165, 1.54) is 0 Å². The minimum atomic E-state index is -0.0618. The standard InChI is InChI=1S/C13H19N5O2/c1-20-7-3-6-16-8-11-17-12-9(13(14)15)4-2-5-10(12)18(11)19/h2,4-5,16,19H,3,6-8H2,1H3,(H3,14,15). The summed E-state index contributed by atoms with van der Waals surface area (Å²) in [5, 5.41) is 20.8. The molecule has 108 valence electrons. The van der Waals surface area contributed by atoms with Gasteiger partial charge in [0, 0.05) is 19.3 Å². The van der Waals surface area contributed by atoms with Crippen LogP contribution in [-0.4, -0.2) is 41.0 Å². The van der Waals surface area contributed by atoms with E-state index in [0.717, 1.165) is 17.7 Å².